The summed E-state index contributed by atoms with van der Waals surface area (Å²) in [4.78, 5) is 16.9. The Kier molecular flexibility index (Phi) is 4.36. The van der Waals surface area contributed by atoms with E-state index in [0.29, 0.717) is 23.1 Å². The van der Waals surface area contributed by atoms with E-state index >= 15 is 0 Å². The van der Waals surface area contributed by atoms with Crippen molar-refractivity contribution in [1.29, 1.82) is 0 Å². The second-order valence-corrected chi connectivity index (χ2v) is 6.76. The molecule has 5 rings (SSSR count). The molecule has 3 aromatic heterocycles. The van der Waals surface area contributed by atoms with E-state index < -0.39 is 0 Å². The van der Waals surface area contributed by atoms with Crippen LogP contribution < -0.4 is 10.4 Å². The molecule has 2 aromatic carbocycles. The maximum Gasteiger partial charge on any atom is 0.350 e. The molecule has 0 bridgehead atoms. The Morgan fingerprint density at radius 3 is 2.60 bits per heavy atom. The van der Waals surface area contributed by atoms with Crippen LogP contribution in [0.2, 0.25) is 0 Å². The van der Waals surface area contributed by atoms with Gasteiger partial charge in [-0.25, -0.2) is 13.9 Å². The van der Waals surface area contributed by atoms with Crippen molar-refractivity contribution in [2.75, 3.05) is 0 Å². The van der Waals surface area contributed by atoms with Crippen LogP contribution in [0, 0.1) is 6.92 Å². The Balaban J connectivity index is 1.47. The van der Waals surface area contributed by atoms with Crippen molar-refractivity contribution >= 4 is 5.65 Å². The molecule has 148 valence electrons. The number of ether oxygens (including phenoxy) is 1. The Morgan fingerprint density at radius 1 is 0.967 bits per heavy atom. The van der Waals surface area contributed by atoms with E-state index in [1.807, 2.05) is 60.7 Å². The number of nitrogens with zero attached hydrogens (tertiary/aromatic N) is 5. The summed E-state index contributed by atoms with van der Waals surface area (Å²) >= 11 is 0. The summed E-state index contributed by atoms with van der Waals surface area (Å²) in [6.45, 7) is 1.85. The van der Waals surface area contributed by atoms with Gasteiger partial charge in [0.25, 0.3) is 0 Å². The van der Waals surface area contributed by atoms with E-state index in [1.165, 1.54) is 9.08 Å². The van der Waals surface area contributed by atoms with Gasteiger partial charge in [-0.15, -0.1) is 5.10 Å². The van der Waals surface area contributed by atoms with Crippen LogP contribution >= 0.6 is 0 Å². The molecule has 0 amide bonds. The number of rotatable bonds is 5. The maximum atomic E-state index is 12.8. The van der Waals surface area contributed by atoms with Crippen molar-refractivity contribution in [3.8, 4) is 22.6 Å². The monoisotopic (exact) mass is 399 g/mol. The second-order valence-electron chi connectivity index (χ2n) is 6.76. The second kappa shape index (κ2) is 7.32. The van der Waals surface area contributed by atoms with Crippen LogP contribution in [0.4, 0.5) is 0 Å². The lowest BCUT2D eigenvalue weighted by Gasteiger charge is -2.08. The molecule has 8 nitrogen and oxygen atoms in total. The smallest absolute Gasteiger partial charge is 0.350 e. The van der Waals surface area contributed by atoms with Crippen LogP contribution in [0.1, 0.15) is 11.7 Å². The molecule has 0 aliphatic carbocycles. The van der Waals surface area contributed by atoms with Gasteiger partial charge >= 0.3 is 5.69 Å². The van der Waals surface area contributed by atoms with Crippen molar-refractivity contribution in [2.24, 2.45) is 0 Å². The molecule has 0 saturated heterocycles. The van der Waals surface area contributed by atoms with Gasteiger partial charge in [-0.1, -0.05) is 35.5 Å². The number of aryl methyl sites for hydroxylation is 1. The molecule has 0 saturated carbocycles. The SMILES string of the molecule is Cc1nc(Cn2nc3ccc(-c4cccc(Oc5ccccc5)c4)cn3c2=O)no1. The lowest BCUT2D eigenvalue weighted by Crippen LogP contribution is -2.22. The number of pyridine rings is 1. The summed E-state index contributed by atoms with van der Waals surface area (Å²) in [5.74, 6) is 2.33. The van der Waals surface area contributed by atoms with Crippen LogP contribution in [0.5, 0.6) is 11.5 Å². The Labute approximate surface area is 171 Å². The third kappa shape index (κ3) is 3.46. The van der Waals surface area contributed by atoms with Crippen LogP contribution in [-0.4, -0.2) is 24.3 Å². The van der Waals surface area contributed by atoms with Crippen molar-refractivity contribution < 1.29 is 9.26 Å². The molecule has 0 radical (unpaired) electrons. The minimum Gasteiger partial charge on any atom is -0.457 e. The Morgan fingerprint density at radius 2 is 1.80 bits per heavy atom. The van der Waals surface area contributed by atoms with Crippen LogP contribution in [0.15, 0.2) is 82.2 Å². The maximum absolute atomic E-state index is 12.8. The Bertz CT molecular complexity index is 1380. The highest BCUT2D eigenvalue weighted by Gasteiger charge is 2.12. The topological polar surface area (TPSA) is 87.5 Å². The highest BCUT2D eigenvalue weighted by atomic mass is 16.5. The van der Waals surface area contributed by atoms with Crippen LogP contribution in [-0.2, 0) is 6.54 Å². The largest absolute Gasteiger partial charge is 0.457 e. The number of aromatic nitrogens is 5. The lowest BCUT2D eigenvalue weighted by molar-refractivity contribution is 0.385. The summed E-state index contributed by atoms with van der Waals surface area (Å²) in [5.41, 5.74) is 2.07. The standard InChI is InChI=1S/C22H17N5O3/c1-15-23-20(25-30-15)14-27-22(28)26-13-17(10-11-21(26)24-27)16-6-5-9-19(12-16)29-18-7-3-2-4-8-18/h2-13H,14H2,1H3. The molecular weight excluding hydrogens is 382 g/mol. The number of fused-ring (bicyclic) bond motifs is 1. The summed E-state index contributed by atoms with van der Waals surface area (Å²) in [5, 5.41) is 8.17. The molecule has 0 N–H and O–H groups in total. The fourth-order valence-electron chi connectivity index (χ4n) is 3.20. The molecule has 0 aliphatic heterocycles. The molecule has 0 spiro atoms. The van der Waals surface area contributed by atoms with Gasteiger partial charge in [-0.3, -0.25) is 0 Å². The third-order valence-corrected chi connectivity index (χ3v) is 4.58. The van der Waals surface area contributed by atoms with E-state index in [2.05, 4.69) is 15.2 Å². The highest BCUT2D eigenvalue weighted by molar-refractivity contribution is 5.66. The van der Waals surface area contributed by atoms with Gasteiger partial charge in [-0.05, 0) is 47.5 Å². The number of para-hydroxylation sites is 1. The molecule has 3 heterocycles. The summed E-state index contributed by atoms with van der Waals surface area (Å²) in [6, 6.07) is 21.0. The summed E-state index contributed by atoms with van der Waals surface area (Å²) in [6.07, 6.45) is 1.77. The van der Waals surface area contributed by atoms with Gasteiger partial charge in [0.15, 0.2) is 11.5 Å². The Hall–Kier alpha value is -4.20. The zero-order valence-electron chi connectivity index (χ0n) is 16.1. The van der Waals surface area contributed by atoms with Gasteiger partial charge in [0, 0.05) is 13.1 Å². The number of benzene rings is 2. The summed E-state index contributed by atoms with van der Waals surface area (Å²) in [7, 11) is 0. The van der Waals surface area contributed by atoms with E-state index in [0.717, 1.165) is 16.9 Å². The van der Waals surface area contributed by atoms with E-state index in [9.17, 15) is 4.79 Å². The average molecular weight is 399 g/mol. The normalized spacial score (nSPS) is 11.1. The zero-order chi connectivity index (χ0) is 20.5. The first-order chi connectivity index (χ1) is 14.7. The molecule has 30 heavy (non-hydrogen) atoms. The van der Waals surface area contributed by atoms with Crippen LogP contribution in [0.25, 0.3) is 16.8 Å². The average Bonchev–Trinajstić information content (AvgIpc) is 3.31. The molecule has 0 unspecified atom stereocenters. The molecule has 8 heteroatoms. The number of hydrogen-bond donors (Lipinski definition) is 0. The quantitative estimate of drug-likeness (QED) is 0.448. The third-order valence-electron chi connectivity index (χ3n) is 4.58. The molecule has 0 atom stereocenters. The summed E-state index contributed by atoms with van der Waals surface area (Å²) < 4.78 is 13.7. The highest BCUT2D eigenvalue weighted by Crippen LogP contribution is 2.27. The lowest BCUT2D eigenvalue weighted by atomic mass is 10.1. The van der Waals surface area contributed by atoms with Crippen LogP contribution in [0.3, 0.4) is 0 Å². The minimum atomic E-state index is -0.272. The van der Waals surface area contributed by atoms with Gasteiger partial charge in [0.05, 0.1) is 0 Å². The van der Waals surface area contributed by atoms with Crippen molar-refractivity contribution in [3.05, 3.63) is 95.1 Å². The van der Waals surface area contributed by atoms with Gasteiger partial charge in [-0.2, -0.15) is 4.98 Å². The van der Waals surface area contributed by atoms with E-state index in [1.54, 1.807) is 19.2 Å². The fraction of sp³-hybridized carbons (Fsp3) is 0.0909. The van der Waals surface area contributed by atoms with Gasteiger partial charge in [0.2, 0.25) is 5.89 Å². The number of hydrogen-bond acceptors (Lipinski definition) is 6. The fourth-order valence-corrected chi connectivity index (χ4v) is 3.20. The zero-order valence-corrected chi connectivity index (χ0v) is 16.1. The molecule has 0 fully saturated rings. The first-order valence-corrected chi connectivity index (χ1v) is 9.37. The van der Waals surface area contributed by atoms with Crippen molar-refractivity contribution in [2.45, 2.75) is 13.5 Å². The first kappa shape index (κ1) is 17.9. The van der Waals surface area contributed by atoms with Crippen molar-refractivity contribution in [1.82, 2.24) is 24.3 Å². The minimum absolute atomic E-state index is 0.146. The van der Waals surface area contributed by atoms with Crippen molar-refractivity contribution in [3.63, 3.8) is 0 Å². The van der Waals surface area contributed by atoms with E-state index in [4.69, 9.17) is 9.26 Å². The van der Waals surface area contributed by atoms with Gasteiger partial charge < -0.3 is 9.26 Å². The predicted molar refractivity (Wildman–Crippen MR) is 110 cm³/mol. The predicted octanol–water partition coefficient (Wildman–Crippen LogP) is 3.70. The van der Waals surface area contributed by atoms with E-state index in [-0.39, 0.29) is 12.2 Å². The molecular formula is C22H17N5O3. The van der Waals surface area contributed by atoms with Gasteiger partial charge in [0.1, 0.15) is 18.0 Å². The molecule has 0 aliphatic rings. The molecule has 5 aromatic rings. The first-order valence-electron chi connectivity index (χ1n) is 9.37.